The van der Waals surface area contributed by atoms with Crippen molar-refractivity contribution in [2.45, 2.75) is 58.2 Å². The van der Waals surface area contributed by atoms with Gasteiger partial charge in [0.25, 0.3) is 0 Å². The smallest absolute Gasteiger partial charge is 0.409 e. The number of carbonyl (C=O) groups excluding carboxylic acids is 1. The Morgan fingerprint density at radius 3 is 2.62 bits per heavy atom. The van der Waals surface area contributed by atoms with E-state index in [1.807, 2.05) is 31.2 Å². The maximum Gasteiger partial charge on any atom is 0.409 e. The van der Waals surface area contributed by atoms with Gasteiger partial charge in [0.05, 0.1) is 23.3 Å². The number of aliphatic carboxylic acids is 1. The van der Waals surface area contributed by atoms with E-state index >= 15 is 0 Å². The number of nitrogens with zero attached hydrogens (tertiary/aromatic N) is 2. The summed E-state index contributed by atoms with van der Waals surface area (Å²) in [5.41, 5.74) is 2.23. The van der Waals surface area contributed by atoms with Crippen LogP contribution in [0.15, 0.2) is 28.8 Å². The van der Waals surface area contributed by atoms with Gasteiger partial charge < -0.3 is 24.0 Å². The normalized spacial score (nSPS) is 20.6. The first-order chi connectivity index (χ1) is 15.4. The number of benzene rings is 1. The van der Waals surface area contributed by atoms with Gasteiger partial charge in [-0.25, -0.2) is 4.79 Å². The lowest BCUT2D eigenvalue weighted by molar-refractivity contribution is -0.143. The first-order valence-electron chi connectivity index (χ1n) is 11.2. The summed E-state index contributed by atoms with van der Waals surface area (Å²) in [6.07, 6.45) is 4.86. The Kier molecular flexibility index (Phi) is 6.67. The fourth-order valence-corrected chi connectivity index (χ4v) is 4.15. The van der Waals surface area contributed by atoms with Gasteiger partial charge in [-0.1, -0.05) is 5.16 Å². The number of carboxylic acids is 1. The lowest BCUT2D eigenvalue weighted by atomic mass is 9.87. The minimum atomic E-state index is -0.749. The van der Waals surface area contributed by atoms with Crippen LogP contribution in [0.3, 0.4) is 0 Å². The van der Waals surface area contributed by atoms with Gasteiger partial charge in [-0.3, -0.25) is 4.79 Å². The van der Waals surface area contributed by atoms with Crippen molar-refractivity contribution in [1.29, 1.82) is 0 Å². The number of hydrogen-bond donors (Lipinski definition) is 1. The number of aromatic nitrogens is 1. The van der Waals surface area contributed by atoms with E-state index in [0.29, 0.717) is 36.0 Å². The van der Waals surface area contributed by atoms with Crippen LogP contribution in [0.1, 0.15) is 49.8 Å². The first kappa shape index (κ1) is 22.2. The van der Waals surface area contributed by atoms with E-state index in [4.69, 9.17) is 14.0 Å². The van der Waals surface area contributed by atoms with Crippen LogP contribution in [-0.4, -0.2) is 46.9 Å². The highest BCUT2D eigenvalue weighted by atomic mass is 16.6. The Balaban J connectivity index is 1.37. The molecule has 8 heteroatoms. The zero-order valence-corrected chi connectivity index (χ0v) is 18.6. The van der Waals surface area contributed by atoms with Gasteiger partial charge in [-0.05, 0) is 75.6 Å². The van der Waals surface area contributed by atoms with Gasteiger partial charge in [0.15, 0.2) is 5.76 Å². The second-order valence-corrected chi connectivity index (χ2v) is 8.92. The van der Waals surface area contributed by atoms with Crippen molar-refractivity contribution in [3.05, 3.63) is 35.5 Å². The average molecular weight is 443 g/mol. The first-order valence-corrected chi connectivity index (χ1v) is 11.2. The van der Waals surface area contributed by atoms with Crippen LogP contribution >= 0.6 is 0 Å². The van der Waals surface area contributed by atoms with E-state index < -0.39 is 5.97 Å². The standard InChI is InChI=1S/C24H30N2O6/c1-15-21(14-30-24(29)26(2)13-16-6-7-16)22(32-25-15)17-8-10-19(11-9-17)31-20-5-3-4-18(12-20)23(27)28/h8-11,16,18,20H,3-7,12-14H2,1-2H3,(H,27,28)/t18-,20-/m0/s1. The molecule has 8 nitrogen and oxygen atoms in total. The summed E-state index contributed by atoms with van der Waals surface area (Å²) >= 11 is 0. The summed E-state index contributed by atoms with van der Waals surface area (Å²) in [5.74, 6) is 0.774. The molecule has 1 amide bonds. The van der Waals surface area contributed by atoms with E-state index in [9.17, 15) is 14.7 Å². The summed E-state index contributed by atoms with van der Waals surface area (Å²) in [4.78, 5) is 25.1. The third-order valence-corrected chi connectivity index (χ3v) is 6.26. The molecule has 1 aromatic carbocycles. The Labute approximate surface area is 187 Å². The minimum absolute atomic E-state index is 0.0918. The molecule has 0 saturated heterocycles. The molecule has 2 atom stereocenters. The molecule has 0 bridgehead atoms. The second-order valence-electron chi connectivity index (χ2n) is 8.92. The second kappa shape index (κ2) is 9.63. The van der Waals surface area contributed by atoms with Crippen LogP contribution in [0.5, 0.6) is 5.75 Å². The molecule has 2 aromatic rings. The predicted octanol–water partition coefficient (Wildman–Crippen LogP) is 4.65. The van der Waals surface area contributed by atoms with Crippen molar-refractivity contribution in [2.75, 3.05) is 13.6 Å². The van der Waals surface area contributed by atoms with Crippen LogP contribution in [-0.2, 0) is 16.1 Å². The lowest BCUT2D eigenvalue weighted by Crippen LogP contribution is -2.29. The Morgan fingerprint density at radius 1 is 1.19 bits per heavy atom. The van der Waals surface area contributed by atoms with Crippen LogP contribution in [0.4, 0.5) is 4.79 Å². The van der Waals surface area contributed by atoms with Crippen molar-refractivity contribution in [3.63, 3.8) is 0 Å². The summed E-state index contributed by atoms with van der Waals surface area (Å²) in [6, 6.07) is 7.43. The van der Waals surface area contributed by atoms with Crippen LogP contribution in [0, 0.1) is 18.8 Å². The Hall–Kier alpha value is -3.03. The van der Waals surface area contributed by atoms with Crippen molar-refractivity contribution >= 4 is 12.1 Å². The van der Waals surface area contributed by atoms with Crippen molar-refractivity contribution in [3.8, 4) is 17.1 Å². The maximum absolute atomic E-state index is 12.3. The topological polar surface area (TPSA) is 102 Å². The molecule has 1 N–H and O–H groups in total. The van der Waals surface area contributed by atoms with E-state index in [2.05, 4.69) is 5.16 Å². The molecule has 0 spiro atoms. The SMILES string of the molecule is Cc1noc(-c2ccc(O[C@H]3CCC[C@H](C(=O)O)C3)cc2)c1COC(=O)N(C)CC1CC1. The van der Waals surface area contributed by atoms with Crippen molar-refractivity contribution in [2.24, 2.45) is 11.8 Å². The molecule has 32 heavy (non-hydrogen) atoms. The third kappa shape index (κ3) is 5.41. The highest BCUT2D eigenvalue weighted by Crippen LogP contribution is 2.32. The molecule has 2 aliphatic carbocycles. The zero-order chi connectivity index (χ0) is 22.7. The molecule has 4 rings (SSSR count). The number of amides is 1. The van der Waals surface area contributed by atoms with E-state index in [1.165, 1.54) is 12.8 Å². The molecule has 1 aromatic heterocycles. The van der Waals surface area contributed by atoms with Crippen LogP contribution < -0.4 is 4.74 Å². The van der Waals surface area contributed by atoms with E-state index in [1.54, 1.807) is 11.9 Å². The molecule has 1 heterocycles. The van der Waals surface area contributed by atoms with Gasteiger partial charge in [0, 0.05) is 19.2 Å². The van der Waals surface area contributed by atoms with Crippen LogP contribution in [0.2, 0.25) is 0 Å². The monoisotopic (exact) mass is 442 g/mol. The minimum Gasteiger partial charge on any atom is -0.490 e. The summed E-state index contributed by atoms with van der Waals surface area (Å²) in [6.45, 7) is 2.64. The van der Waals surface area contributed by atoms with Gasteiger partial charge >= 0.3 is 12.1 Å². The molecule has 2 fully saturated rings. The van der Waals surface area contributed by atoms with Gasteiger partial charge in [0.2, 0.25) is 0 Å². The average Bonchev–Trinajstić information content (AvgIpc) is 3.53. The molecule has 172 valence electrons. The molecule has 2 saturated carbocycles. The zero-order valence-electron chi connectivity index (χ0n) is 18.6. The third-order valence-electron chi connectivity index (χ3n) is 6.26. The molecule has 0 aliphatic heterocycles. The number of rotatable bonds is 8. The van der Waals surface area contributed by atoms with E-state index in [-0.39, 0.29) is 24.7 Å². The van der Waals surface area contributed by atoms with Gasteiger partial charge in [-0.2, -0.15) is 0 Å². The fourth-order valence-electron chi connectivity index (χ4n) is 4.15. The van der Waals surface area contributed by atoms with Gasteiger partial charge in [0.1, 0.15) is 12.4 Å². The molecular formula is C24H30N2O6. The molecule has 2 aliphatic rings. The summed E-state index contributed by atoms with van der Waals surface area (Å²) in [5, 5.41) is 13.3. The number of ether oxygens (including phenoxy) is 2. The quantitative estimate of drug-likeness (QED) is 0.635. The highest BCUT2D eigenvalue weighted by Gasteiger charge is 2.28. The lowest BCUT2D eigenvalue weighted by Gasteiger charge is -2.27. The van der Waals surface area contributed by atoms with E-state index in [0.717, 1.165) is 30.5 Å². The number of carbonyl (C=O) groups is 2. The predicted molar refractivity (Wildman–Crippen MR) is 116 cm³/mol. The van der Waals surface area contributed by atoms with Crippen LogP contribution in [0.25, 0.3) is 11.3 Å². The number of carboxylic acid groups (broad SMARTS) is 1. The Morgan fingerprint density at radius 2 is 1.94 bits per heavy atom. The van der Waals surface area contributed by atoms with Crippen molar-refractivity contribution in [1.82, 2.24) is 10.1 Å². The highest BCUT2D eigenvalue weighted by molar-refractivity contribution is 5.70. The van der Waals surface area contributed by atoms with Crippen molar-refractivity contribution < 1.29 is 28.7 Å². The largest absolute Gasteiger partial charge is 0.490 e. The Bertz CT molecular complexity index is 950. The number of aryl methyl sites for hydroxylation is 1. The fraction of sp³-hybridized carbons (Fsp3) is 0.542. The number of hydrogen-bond acceptors (Lipinski definition) is 6. The molecular weight excluding hydrogens is 412 g/mol. The summed E-state index contributed by atoms with van der Waals surface area (Å²) < 4.78 is 17.0. The molecule has 0 unspecified atom stereocenters. The maximum atomic E-state index is 12.3. The molecule has 0 radical (unpaired) electrons. The summed E-state index contributed by atoms with van der Waals surface area (Å²) in [7, 11) is 1.76. The van der Waals surface area contributed by atoms with Gasteiger partial charge in [-0.15, -0.1) is 0 Å².